The summed E-state index contributed by atoms with van der Waals surface area (Å²) in [5.41, 5.74) is 1.48. The molecule has 1 saturated carbocycles. The molecule has 1 aliphatic rings. The summed E-state index contributed by atoms with van der Waals surface area (Å²) in [6.07, 6.45) is 5.66. The average Bonchev–Trinajstić information content (AvgIpc) is 2.82. The third kappa shape index (κ3) is 3.45. The number of halogens is 1. The second-order valence-corrected chi connectivity index (χ2v) is 6.22. The minimum atomic E-state index is -0.0958. The van der Waals surface area contributed by atoms with E-state index in [2.05, 4.69) is 17.6 Å². The fraction of sp³-hybridized carbons (Fsp3) is 0.562. The zero-order valence-corrected chi connectivity index (χ0v) is 13.0. The maximum atomic E-state index is 12.3. The van der Waals surface area contributed by atoms with E-state index in [1.165, 1.54) is 12.8 Å². The van der Waals surface area contributed by atoms with Crippen LogP contribution >= 0.6 is 11.6 Å². The molecule has 1 aromatic carbocycles. The highest BCUT2D eigenvalue weighted by atomic mass is 35.5. The molecule has 2 rings (SSSR count). The third-order valence-electron chi connectivity index (χ3n) is 3.92. The molecule has 0 heterocycles. The lowest BCUT2D eigenvalue weighted by Crippen LogP contribution is -2.33. The van der Waals surface area contributed by atoms with E-state index in [-0.39, 0.29) is 11.4 Å². The van der Waals surface area contributed by atoms with Crippen LogP contribution < -0.4 is 10.6 Å². The Bertz CT molecular complexity index is 481. The van der Waals surface area contributed by atoms with Crippen molar-refractivity contribution in [2.45, 2.75) is 51.5 Å². The summed E-state index contributed by atoms with van der Waals surface area (Å²) in [7, 11) is 0. The molecule has 20 heavy (non-hydrogen) atoms. The van der Waals surface area contributed by atoms with Crippen molar-refractivity contribution in [2.75, 3.05) is 11.9 Å². The summed E-state index contributed by atoms with van der Waals surface area (Å²) in [6.45, 7) is 4.92. The molecule has 0 aromatic heterocycles. The number of carbonyl (C=O) groups excluding carboxylic acids is 1. The fourth-order valence-electron chi connectivity index (χ4n) is 2.79. The van der Waals surface area contributed by atoms with Crippen LogP contribution in [0.25, 0.3) is 0 Å². The van der Waals surface area contributed by atoms with Gasteiger partial charge < -0.3 is 10.6 Å². The van der Waals surface area contributed by atoms with Crippen LogP contribution in [-0.4, -0.2) is 18.0 Å². The van der Waals surface area contributed by atoms with Crippen molar-refractivity contribution in [3.05, 3.63) is 28.8 Å². The topological polar surface area (TPSA) is 41.1 Å². The standard InChI is InChI=1S/C16H23ClN2O/c1-3-11-18-15(20)14-12(17)7-6-8-13(14)19-16(2)9-4-5-10-16/h6-8,19H,3-5,9-11H2,1-2H3,(H,18,20). The molecule has 0 spiro atoms. The van der Waals surface area contributed by atoms with Gasteiger partial charge in [0, 0.05) is 17.8 Å². The Kier molecular flexibility index (Phi) is 4.92. The van der Waals surface area contributed by atoms with Crippen LogP contribution in [0.4, 0.5) is 5.69 Å². The first-order valence-corrected chi connectivity index (χ1v) is 7.78. The number of rotatable bonds is 5. The number of hydrogen-bond donors (Lipinski definition) is 2. The summed E-state index contributed by atoms with van der Waals surface area (Å²) in [5, 5.41) is 6.95. The van der Waals surface area contributed by atoms with Crippen molar-refractivity contribution in [1.29, 1.82) is 0 Å². The summed E-state index contributed by atoms with van der Waals surface area (Å²) in [6, 6.07) is 5.60. The van der Waals surface area contributed by atoms with Gasteiger partial charge in [-0.1, -0.05) is 37.4 Å². The summed E-state index contributed by atoms with van der Waals surface area (Å²) in [4.78, 5) is 12.3. The highest BCUT2D eigenvalue weighted by Gasteiger charge is 2.29. The van der Waals surface area contributed by atoms with Crippen molar-refractivity contribution < 1.29 is 4.79 Å². The fourth-order valence-corrected chi connectivity index (χ4v) is 3.05. The molecule has 0 saturated heterocycles. The number of amides is 1. The van der Waals surface area contributed by atoms with Crippen LogP contribution in [0.1, 0.15) is 56.3 Å². The lowest BCUT2D eigenvalue weighted by Gasteiger charge is -2.28. The van der Waals surface area contributed by atoms with E-state index in [1.807, 2.05) is 19.1 Å². The molecule has 0 unspecified atom stereocenters. The Hall–Kier alpha value is -1.22. The van der Waals surface area contributed by atoms with E-state index in [0.717, 1.165) is 24.9 Å². The summed E-state index contributed by atoms with van der Waals surface area (Å²) in [5.74, 6) is -0.0958. The molecule has 3 nitrogen and oxygen atoms in total. The maximum Gasteiger partial charge on any atom is 0.254 e. The van der Waals surface area contributed by atoms with Crippen molar-refractivity contribution >= 4 is 23.2 Å². The van der Waals surface area contributed by atoms with Gasteiger partial charge in [-0.2, -0.15) is 0 Å². The first-order valence-electron chi connectivity index (χ1n) is 7.40. The predicted octanol–water partition coefficient (Wildman–Crippen LogP) is 4.22. The second-order valence-electron chi connectivity index (χ2n) is 5.81. The molecule has 1 fully saturated rings. The van der Waals surface area contributed by atoms with Gasteiger partial charge in [0.2, 0.25) is 0 Å². The van der Waals surface area contributed by atoms with Gasteiger partial charge in [0.25, 0.3) is 5.91 Å². The van der Waals surface area contributed by atoms with Crippen molar-refractivity contribution in [3.8, 4) is 0 Å². The normalized spacial score (nSPS) is 16.9. The average molecular weight is 295 g/mol. The highest BCUT2D eigenvalue weighted by Crippen LogP contribution is 2.35. The smallest absolute Gasteiger partial charge is 0.254 e. The monoisotopic (exact) mass is 294 g/mol. The molecule has 0 bridgehead atoms. The van der Waals surface area contributed by atoms with Crippen molar-refractivity contribution in [2.24, 2.45) is 0 Å². The van der Waals surface area contributed by atoms with Gasteiger partial charge in [-0.15, -0.1) is 0 Å². The maximum absolute atomic E-state index is 12.3. The molecule has 1 amide bonds. The quantitative estimate of drug-likeness (QED) is 0.853. The van der Waals surface area contributed by atoms with Gasteiger partial charge in [-0.3, -0.25) is 4.79 Å². The van der Waals surface area contributed by atoms with E-state index in [0.29, 0.717) is 17.1 Å². The van der Waals surface area contributed by atoms with E-state index in [4.69, 9.17) is 11.6 Å². The molecule has 1 aromatic rings. The highest BCUT2D eigenvalue weighted by molar-refractivity contribution is 6.34. The minimum Gasteiger partial charge on any atom is -0.379 e. The molecular formula is C16H23ClN2O. The lowest BCUT2D eigenvalue weighted by molar-refractivity contribution is 0.0954. The SMILES string of the molecule is CCCNC(=O)c1c(Cl)cccc1NC1(C)CCCC1. The molecule has 110 valence electrons. The van der Waals surface area contributed by atoms with E-state index < -0.39 is 0 Å². The molecule has 2 N–H and O–H groups in total. The van der Waals surface area contributed by atoms with E-state index >= 15 is 0 Å². The number of carbonyl (C=O) groups is 1. The van der Waals surface area contributed by atoms with Crippen LogP contribution in [0.15, 0.2) is 18.2 Å². The largest absolute Gasteiger partial charge is 0.379 e. The van der Waals surface area contributed by atoms with Gasteiger partial charge in [0.15, 0.2) is 0 Å². The van der Waals surface area contributed by atoms with Gasteiger partial charge in [0.1, 0.15) is 0 Å². The lowest BCUT2D eigenvalue weighted by atomic mass is 9.99. The zero-order valence-electron chi connectivity index (χ0n) is 12.3. The van der Waals surface area contributed by atoms with E-state index in [9.17, 15) is 4.79 Å². The van der Waals surface area contributed by atoms with E-state index in [1.54, 1.807) is 6.07 Å². The number of nitrogens with one attached hydrogen (secondary N) is 2. The number of hydrogen-bond acceptors (Lipinski definition) is 2. The van der Waals surface area contributed by atoms with Gasteiger partial charge in [0.05, 0.1) is 10.6 Å². The summed E-state index contributed by atoms with van der Waals surface area (Å²) >= 11 is 6.23. The molecule has 0 atom stereocenters. The third-order valence-corrected chi connectivity index (χ3v) is 4.23. The molecule has 0 radical (unpaired) electrons. The van der Waals surface area contributed by atoms with Gasteiger partial charge in [-0.05, 0) is 38.3 Å². The molecule has 0 aliphatic heterocycles. The minimum absolute atomic E-state index is 0.0739. The van der Waals surface area contributed by atoms with Crippen LogP contribution in [0.5, 0.6) is 0 Å². The summed E-state index contributed by atoms with van der Waals surface area (Å²) < 4.78 is 0. The number of benzene rings is 1. The Labute approximate surface area is 126 Å². The Morgan fingerprint density at radius 3 is 2.70 bits per heavy atom. The van der Waals surface area contributed by atoms with Crippen molar-refractivity contribution in [3.63, 3.8) is 0 Å². The molecular weight excluding hydrogens is 272 g/mol. The molecule has 1 aliphatic carbocycles. The Morgan fingerprint density at radius 2 is 2.05 bits per heavy atom. The van der Waals surface area contributed by atoms with Crippen LogP contribution in [0.3, 0.4) is 0 Å². The molecule has 4 heteroatoms. The first-order chi connectivity index (χ1) is 9.56. The predicted molar refractivity (Wildman–Crippen MR) is 84.6 cm³/mol. The Morgan fingerprint density at radius 1 is 1.35 bits per heavy atom. The Balaban J connectivity index is 2.24. The van der Waals surface area contributed by atoms with Gasteiger partial charge in [-0.25, -0.2) is 0 Å². The van der Waals surface area contributed by atoms with Crippen LogP contribution in [0.2, 0.25) is 5.02 Å². The van der Waals surface area contributed by atoms with Crippen molar-refractivity contribution in [1.82, 2.24) is 5.32 Å². The van der Waals surface area contributed by atoms with Crippen LogP contribution in [-0.2, 0) is 0 Å². The first kappa shape index (κ1) is 15.2. The zero-order chi connectivity index (χ0) is 14.6. The second kappa shape index (κ2) is 6.49. The number of anilines is 1. The van der Waals surface area contributed by atoms with Crippen LogP contribution in [0, 0.1) is 0 Å². The van der Waals surface area contributed by atoms with Gasteiger partial charge >= 0.3 is 0 Å².